The number of para-hydroxylation sites is 1. The summed E-state index contributed by atoms with van der Waals surface area (Å²) >= 11 is 6.21. The molecule has 3 rings (SSSR count). The molecule has 0 bridgehead atoms. The van der Waals surface area contributed by atoms with Gasteiger partial charge in [-0.05, 0) is 12.1 Å². The minimum Gasteiger partial charge on any atom is -0.370 e. The zero-order valence-corrected chi connectivity index (χ0v) is 10.8. The number of halogens is 2. The van der Waals surface area contributed by atoms with E-state index in [1.54, 1.807) is 0 Å². The van der Waals surface area contributed by atoms with E-state index < -0.39 is 0 Å². The molecule has 0 fully saturated rings. The highest BCUT2D eigenvalue weighted by atomic mass is 35.5. The molecule has 90 valence electrons. The van der Waals surface area contributed by atoms with E-state index in [1.165, 1.54) is 5.39 Å². The molecule has 3 nitrogen and oxygen atoms in total. The van der Waals surface area contributed by atoms with Crippen molar-refractivity contribution >= 4 is 40.7 Å². The quantitative estimate of drug-likeness (QED) is 0.893. The zero-order chi connectivity index (χ0) is 11.0. The molecule has 0 atom stereocenters. The SMILES string of the molecule is Cl.Clc1cccc2ccn(CC3=NCCN3)c12. The minimum absolute atomic E-state index is 0. The topological polar surface area (TPSA) is 29.3 Å². The van der Waals surface area contributed by atoms with Gasteiger partial charge in [0.05, 0.1) is 23.6 Å². The number of amidine groups is 1. The molecule has 1 aromatic carbocycles. The van der Waals surface area contributed by atoms with E-state index in [0.717, 1.165) is 36.0 Å². The highest BCUT2D eigenvalue weighted by Crippen LogP contribution is 2.24. The first kappa shape index (κ1) is 12.3. The number of aromatic nitrogens is 1. The summed E-state index contributed by atoms with van der Waals surface area (Å²) < 4.78 is 2.13. The highest BCUT2D eigenvalue weighted by molar-refractivity contribution is 6.35. The maximum atomic E-state index is 6.21. The lowest BCUT2D eigenvalue weighted by molar-refractivity contribution is 0.863. The van der Waals surface area contributed by atoms with Gasteiger partial charge in [0.15, 0.2) is 0 Å². The molecule has 1 aliphatic heterocycles. The van der Waals surface area contributed by atoms with Crippen molar-refractivity contribution in [3.05, 3.63) is 35.5 Å². The molecule has 2 heterocycles. The summed E-state index contributed by atoms with van der Waals surface area (Å²) in [6.45, 7) is 2.60. The fourth-order valence-corrected chi connectivity index (χ4v) is 2.35. The van der Waals surface area contributed by atoms with Gasteiger partial charge in [0.2, 0.25) is 0 Å². The third kappa shape index (κ3) is 2.26. The van der Waals surface area contributed by atoms with Crippen LogP contribution in [0.2, 0.25) is 5.02 Å². The van der Waals surface area contributed by atoms with Crippen molar-refractivity contribution in [2.45, 2.75) is 6.54 Å². The number of aliphatic imine (C=N–C) groups is 1. The summed E-state index contributed by atoms with van der Waals surface area (Å²) in [5.41, 5.74) is 1.08. The van der Waals surface area contributed by atoms with Crippen LogP contribution in [-0.2, 0) is 6.54 Å². The van der Waals surface area contributed by atoms with Gasteiger partial charge in [0.25, 0.3) is 0 Å². The molecule has 1 N–H and O–H groups in total. The lowest BCUT2D eigenvalue weighted by Gasteiger charge is -2.07. The Morgan fingerprint density at radius 3 is 3.00 bits per heavy atom. The molecule has 0 unspecified atom stereocenters. The maximum absolute atomic E-state index is 6.21. The summed E-state index contributed by atoms with van der Waals surface area (Å²) in [7, 11) is 0. The van der Waals surface area contributed by atoms with Gasteiger partial charge in [0.1, 0.15) is 5.84 Å². The summed E-state index contributed by atoms with van der Waals surface area (Å²) in [6.07, 6.45) is 2.05. The standard InChI is InChI=1S/C12H12ClN3.ClH/c13-10-3-1-2-9-4-7-16(12(9)10)8-11-14-5-6-15-11;/h1-4,7H,5-6,8H2,(H,14,15);1H. The molecule has 0 amide bonds. The largest absolute Gasteiger partial charge is 0.370 e. The monoisotopic (exact) mass is 269 g/mol. The second-order valence-corrected chi connectivity index (χ2v) is 4.28. The molecule has 0 aliphatic carbocycles. The molecule has 2 aromatic rings. The number of fused-ring (bicyclic) bond motifs is 1. The van der Waals surface area contributed by atoms with Crippen LogP contribution in [0.25, 0.3) is 10.9 Å². The van der Waals surface area contributed by atoms with Crippen molar-refractivity contribution in [1.29, 1.82) is 0 Å². The van der Waals surface area contributed by atoms with Crippen LogP contribution in [0.1, 0.15) is 0 Å². The first-order chi connectivity index (χ1) is 7.84. The van der Waals surface area contributed by atoms with E-state index in [1.807, 2.05) is 12.1 Å². The van der Waals surface area contributed by atoms with E-state index in [4.69, 9.17) is 11.6 Å². The molecule has 1 aromatic heterocycles. The van der Waals surface area contributed by atoms with Crippen LogP contribution in [0, 0.1) is 0 Å². The molecule has 0 saturated heterocycles. The molecule has 0 spiro atoms. The van der Waals surface area contributed by atoms with Gasteiger partial charge in [0, 0.05) is 18.1 Å². The number of rotatable bonds is 2. The number of nitrogens with one attached hydrogen (secondary N) is 1. The average Bonchev–Trinajstić information content (AvgIpc) is 2.90. The van der Waals surface area contributed by atoms with Gasteiger partial charge in [-0.3, -0.25) is 4.99 Å². The Hall–Kier alpha value is -1.19. The first-order valence-corrected chi connectivity index (χ1v) is 5.73. The van der Waals surface area contributed by atoms with Gasteiger partial charge >= 0.3 is 0 Å². The lowest BCUT2D eigenvalue weighted by atomic mass is 10.2. The van der Waals surface area contributed by atoms with Crippen molar-refractivity contribution in [3.8, 4) is 0 Å². The van der Waals surface area contributed by atoms with Crippen LogP contribution in [0.4, 0.5) is 0 Å². The van der Waals surface area contributed by atoms with Crippen molar-refractivity contribution in [2.75, 3.05) is 13.1 Å². The van der Waals surface area contributed by atoms with Crippen molar-refractivity contribution < 1.29 is 0 Å². The van der Waals surface area contributed by atoms with E-state index in [0.29, 0.717) is 0 Å². The van der Waals surface area contributed by atoms with Crippen molar-refractivity contribution in [2.24, 2.45) is 4.99 Å². The third-order valence-electron chi connectivity index (χ3n) is 2.80. The Balaban J connectivity index is 0.00000108. The smallest absolute Gasteiger partial charge is 0.117 e. The van der Waals surface area contributed by atoms with Crippen LogP contribution < -0.4 is 5.32 Å². The molecular formula is C12H13Cl2N3. The van der Waals surface area contributed by atoms with Crippen molar-refractivity contribution in [1.82, 2.24) is 9.88 Å². The third-order valence-corrected chi connectivity index (χ3v) is 3.11. The van der Waals surface area contributed by atoms with E-state index >= 15 is 0 Å². The number of hydrogen-bond donors (Lipinski definition) is 1. The Bertz CT molecular complexity index is 560. The normalized spacial score (nSPS) is 14.3. The van der Waals surface area contributed by atoms with E-state index in [9.17, 15) is 0 Å². The van der Waals surface area contributed by atoms with Gasteiger partial charge in [-0.25, -0.2) is 0 Å². The maximum Gasteiger partial charge on any atom is 0.117 e. The van der Waals surface area contributed by atoms with Crippen molar-refractivity contribution in [3.63, 3.8) is 0 Å². The fourth-order valence-electron chi connectivity index (χ4n) is 2.06. The fraction of sp³-hybridized carbons (Fsp3) is 0.250. The number of benzene rings is 1. The first-order valence-electron chi connectivity index (χ1n) is 5.35. The molecule has 17 heavy (non-hydrogen) atoms. The Labute approximate surface area is 111 Å². The Morgan fingerprint density at radius 1 is 1.35 bits per heavy atom. The number of hydrogen-bond acceptors (Lipinski definition) is 2. The predicted octanol–water partition coefficient (Wildman–Crippen LogP) is 2.72. The number of nitrogens with zero attached hydrogens (tertiary/aromatic N) is 2. The summed E-state index contributed by atoms with van der Waals surface area (Å²) in [6, 6.07) is 8.04. The summed E-state index contributed by atoms with van der Waals surface area (Å²) in [5, 5.41) is 5.23. The van der Waals surface area contributed by atoms with E-state index in [2.05, 4.69) is 33.2 Å². The van der Waals surface area contributed by atoms with Crippen LogP contribution in [-0.4, -0.2) is 23.5 Å². The highest BCUT2D eigenvalue weighted by Gasteiger charge is 2.09. The van der Waals surface area contributed by atoms with Gasteiger partial charge in [-0.2, -0.15) is 0 Å². The van der Waals surface area contributed by atoms with Gasteiger partial charge < -0.3 is 9.88 Å². The van der Waals surface area contributed by atoms with Crippen LogP contribution in [0.15, 0.2) is 35.5 Å². The van der Waals surface area contributed by atoms with Crippen LogP contribution >= 0.6 is 24.0 Å². The van der Waals surface area contributed by atoms with E-state index in [-0.39, 0.29) is 12.4 Å². The second-order valence-electron chi connectivity index (χ2n) is 3.88. The Morgan fingerprint density at radius 2 is 2.24 bits per heavy atom. The Kier molecular flexibility index (Phi) is 3.60. The van der Waals surface area contributed by atoms with Gasteiger partial charge in [-0.15, -0.1) is 12.4 Å². The van der Waals surface area contributed by atoms with Crippen LogP contribution in [0.3, 0.4) is 0 Å². The molecule has 0 radical (unpaired) electrons. The zero-order valence-electron chi connectivity index (χ0n) is 9.19. The summed E-state index contributed by atoms with van der Waals surface area (Å²) in [4.78, 5) is 4.39. The molecular weight excluding hydrogens is 257 g/mol. The van der Waals surface area contributed by atoms with Crippen LogP contribution in [0.5, 0.6) is 0 Å². The second kappa shape index (κ2) is 4.98. The van der Waals surface area contributed by atoms with Gasteiger partial charge in [-0.1, -0.05) is 23.7 Å². The summed E-state index contributed by atoms with van der Waals surface area (Å²) in [5.74, 6) is 1.04. The average molecular weight is 270 g/mol. The predicted molar refractivity (Wildman–Crippen MR) is 74.5 cm³/mol. The molecule has 5 heteroatoms. The molecule has 0 saturated carbocycles. The molecule has 1 aliphatic rings. The lowest BCUT2D eigenvalue weighted by Crippen LogP contribution is -2.23. The minimum atomic E-state index is 0.